The maximum Gasteiger partial charge on any atom is 0.338 e. The summed E-state index contributed by atoms with van der Waals surface area (Å²) < 4.78 is 18.7. The van der Waals surface area contributed by atoms with E-state index < -0.39 is 12.0 Å². The fourth-order valence-corrected chi connectivity index (χ4v) is 5.23. The van der Waals surface area contributed by atoms with Crippen LogP contribution in [0, 0.1) is 6.92 Å². The second-order valence-corrected chi connectivity index (χ2v) is 9.78. The molecule has 1 aromatic heterocycles. The number of aromatic nitrogens is 1. The molecule has 188 valence electrons. The normalized spacial score (nSPS) is 15.5. The third kappa shape index (κ3) is 4.99. The second-order valence-electron chi connectivity index (χ2n) is 8.77. The number of aryl methyl sites for hydroxylation is 1. The molecular weight excluding hydrogens is 476 g/mol. The number of hydrogen-bond acceptors (Lipinski definition) is 7. The average molecular weight is 507 g/mol. The van der Waals surface area contributed by atoms with E-state index >= 15 is 0 Å². The summed E-state index contributed by atoms with van der Waals surface area (Å²) in [6, 6.07) is 12.6. The summed E-state index contributed by atoms with van der Waals surface area (Å²) >= 11 is 1.29. The van der Waals surface area contributed by atoms with E-state index in [1.54, 1.807) is 25.5 Å². The zero-order chi connectivity index (χ0) is 26.0. The van der Waals surface area contributed by atoms with Gasteiger partial charge in [-0.1, -0.05) is 35.6 Å². The SMILES string of the molecule is CCOC(=O)C1=C(C)N=c2sc(=Cc3ccc(OC(C)C)cc3)c(=O)n2[C@@H]1c1ccc(C)c(OC)c1. The number of carbonyl (C=O) groups is 1. The molecule has 0 bridgehead atoms. The Hall–Kier alpha value is -3.65. The largest absolute Gasteiger partial charge is 0.496 e. The van der Waals surface area contributed by atoms with Crippen molar-refractivity contribution < 1.29 is 19.0 Å². The summed E-state index contributed by atoms with van der Waals surface area (Å²) in [4.78, 5) is 31.9. The Bertz CT molecular complexity index is 1500. The Morgan fingerprint density at radius 1 is 1.17 bits per heavy atom. The Morgan fingerprint density at radius 2 is 1.89 bits per heavy atom. The number of fused-ring (bicyclic) bond motifs is 1. The minimum Gasteiger partial charge on any atom is -0.496 e. The molecule has 0 saturated heterocycles. The Labute approximate surface area is 214 Å². The van der Waals surface area contributed by atoms with Crippen molar-refractivity contribution in [3.63, 3.8) is 0 Å². The smallest absolute Gasteiger partial charge is 0.338 e. The summed E-state index contributed by atoms with van der Waals surface area (Å²) in [6.07, 6.45) is 1.91. The van der Waals surface area contributed by atoms with E-state index in [2.05, 4.69) is 4.99 Å². The highest BCUT2D eigenvalue weighted by Gasteiger charge is 2.33. The molecule has 0 N–H and O–H groups in total. The Kier molecular flexibility index (Phi) is 7.45. The van der Waals surface area contributed by atoms with Crippen molar-refractivity contribution in [2.75, 3.05) is 13.7 Å². The van der Waals surface area contributed by atoms with Crippen molar-refractivity contribution in [3.8, 4) is 11.5 Å². The van der Waals surface area contributed by atoms with Crippen LogP contribution in [0.25, 0.3) is 6.08 Å². The molecule has 3 aromatic rings. The molecule has 1 aliphatic rings. The summed E-state index contributed by atoms with van der Waals surface area (Å²) in [5.74, 6) is 0.959. The van der Waals surface area contributed by atoms with Gasteiger partial charge in [-0.2, -0.15) is 0 Å². The number of nitrogens with zero attached hydrogens (tertiary/aromatic N) is 2. The molecule has 4 rings (SSSR count). The molecule has 0 unspecified atom stereocenters. The predicted octanol–water partition coefficient (Wildman–Crippen LogP) is 3.90. The lowest BCUT2D eigenvalue weighted by Crippen LogP contribution is -2.40. The van der Waals surface area contributed by atoms with Crippen molar-refractivity contribution in [1.82, 2.24) is 4.57 Å². The van der Waals surface area contributed by atoms with E-state index in [-0.39, 0.29) is 18.3 Å². The number of benzene rings is 2. The van der Waals surface area contributed by atoms with Gasteiger partial charge in [-0.3, -0.25) is 9.36 Å². The Balaban J connectivity index is 1.88. The van der Waals surface area contributed by atoms with Crippen LogP contribution in [-0.2, 0) is 9.53 Å². The van der Waals surface area contributed by atoms with Crippen molar-refractivity contribution in [2.24, 2.45) is 4.99 Å². The zero-order valence-corrected chi connectivity index (χ0v) is 22.1. The van der Waals surface area contributed by atoms with E-state index in [4.69, 9.17) is 14.2 Å². The molecule has 0 spiro atoms. The summed E-state index contributed by atoms with van der Waals surface area (Å²) in [5.41, 5.74) is 3.22. The number of thiazole rings is 1. The molecular formula is C28H30N2O5S. The van der Waals surface area contributed by atoms with Gasteiger partial charge in [-0.25, -0.2) is 9.79 Å². The molecule has 2 aromatic carbocycles. The lowest BCUT2D eigenvalue weighted by atomic mass is 9.95. The van der Waals surface area contributed by atoms with Crippen LogP contribution in [0.5, 0.6) is 11.5 Å². The van der Waals surface area contributed by atoms with Gasteiger partial charge in [0.1, 0.15) is 11.5 Å². The fourth-order valence-electron chi connectivity index (χ4n) is 4.18. The first-order valence-electron chi connectivity index (χ1n) is 11.8. The van der Waals surface area contributed by atoms with Gasteiger partial charge in [-0.15, -0.1) is 0 Å². The van der Waals surface area contributed by atoms with E-state index in [1.165, 1.54) is 11.3 Å². The highest BCUT2D eigenvalue weighted by Crippen LogP contribution is 2.33. The molecule has 1 atom stereocenters. The van der Waals surface area contributed by atoms with E-state index in [0.29, 0.717) is 26.4 Å². The molecule has 1 aliphatic heterocycles. The zero-order valence-electron chi connectivity index (χ0n) is 21.3. The van der Waals surface area contributed by atoms with Gasteiger partial charge in [0.25, 0.3) is 5.56 Å². The van der Waals surface area contributed by atoms with Gasteiger partial charge >= 0.3 is 5.97 Å². The number of hydrogen-bond donors (Lipinski definition) is 0. The Morgan fingerprint density at radius 3 is 2.53 bits per heavy atom. The summed E-state index contributed by atoms with van der Waals surface area (Å²) in [6.45, 7) is 9.64. The highest BCUT2D eigenvalue weighted by molar-refractivity contribution is 7.07. The van der Waals surface area contributed by atoms with Gasteiger partial charge in [-0.05, 0) is 75.6 Å². The maximum atomic E-state index is 13.7. The van der Waals surface area contributed by atoms with Gasteiger partial charge < -0.3 is 14.2 Å². The third-order valence-electron chi connectivity index (χ3n) is 5.81. The van der Waals surface area contributed by atoms with Crippen molar-refractivity contribution in [3.05, 3.63) is 90.1 Å². The lowest BCUT2D eigenvalue weighted by Gasteiger charge is -2.25. The lowest BCUT2D eigenvalue weighted by molar-refractivity contribution is -0.139. The number of esters is 1. The maximum absolute atomic E-state index is 13.7. The first-order valence-corrected chi connectivity index (χ1v) is 12.7. The predicted molar refractivity (Wildman–Crippen MR) is 140 cm³/mol. The van der Waals surface area contributed by atoms with Crippen LogP contribution in [0.1, 0.15) is 50.4 Å². The van der Waals surface area contributed by atoms with Crippen LogP contribution >= 0.6 is 11.3 Å². The molecule has 0 saturated carbocycles. The van der Waals surface area contributed by atoms with Gasteiger partial charge in [0.05, 0.1) is 41.7 Å². The van der Waals surface area contributed by atoms with Crippen LogP contribution in [0.2, 0.25) is 0 Å². The van der Waals surface area contributed by atoms with Crippen molar-refractivity contribution in [2.45, 2.75) is 46.8 Å². The number of rotatable bonds is 7. The standard InChI is InChI=1S/C28H30N2O5S/c1-7-34-27(32)24-18(5)29-28-30(25(24)20-11-8-17(4)22(15-20)33-6)26(31)23(36-28)14-19-9-12-21(13-10-19)35-16(2)3/h8-16,25H,7H2,1-6H3/t25-/m1/s1. The second kappa shape index (κ2) is 10.5. The molecule has 0 radical (unpaired) electrons. The molecule has 36 heavy (non-hydrogen) atoms. The average Bonchev–Trinajstić information content (AvgIpc) is 3.14. The number of methoxy groups -OCH3 is 1. The monoisotopic (exact) mass is 506 g/mol. The van der Waals surface area contributed by atoms with Crippen LogP contribution in [0.4, 0.5) is 0 Å². The number of allylic oxidation sites excluding steroid dienone is 1. The molecule has 0 aliphatic carbocycles. The number of ether oxygens (including phenoxy) is 3. The minimum atomic E-state index is -0.682. The topological polar surface area (TPSA) is 79.1 Å². The summed E-state index contributed by atoms with van der Waals surface area (Å²) in [5, 5.41) is 0. The molecule has 8 heteroatoms. The molecule has 7 nitrogen and oxygen atoms in total. The first kappa shape index (κ1) is 25.4. The fraction of sp³-hybridized carbons (Fsp3) is 0.321. The van der Waals surface area contributed by atoms with Gasteiger partial charge in [0.2, 0.25) is 0 Å². The van der Waals surface area contributed by atoms with Crippen LogP contribution in [-0.4, -0.2) is 30.4 Å². The van der Waals surface area contributed by atoms with E-state index in [0.717, 1.165) is 22.4 Å². The first-order chi connectivity index (χ1) is 17.2. The molecule has 2 heterocycles. The molecule has 0 amide bonds. The van der Waals surface area contributed by atoms with Gasteiger partial charge in [0.15, 0.2) is 4.80 Å². The van der Waals surface area contributed by atoms with Crippen LogP contribution < -0.4 is 24.4 Å². The number of carbonyl (C=O) groups excluding carboxylic acids is 1. The molecule has 0 fully saturated rings. The highest BCUT2D eigenvalue weighted by atomic mass is 32.1. The van der Waals surface area contributed by atoms with Crippen LogP contribution in [0.15, 0.2) is 63.5 Å². The van der Waals surface area contributed by atoms with E-state index in [9.17, 15) is 9.59 Å². The summed E-state index contributed by atoms with van der Waals surface area (Å²) in [7, 11) is 1.60. The van der Waals surface area contributed by atoms with Crippen molar-refractivity contribution >= 4 is 23.4 Å². The van der Waals surface area contributed by atoms with Gasteiger partial charge in [0, 0.05) is 0 Å². The third-order valence-corrected chi connectivity index (χ3v) is 6.80. The quantitative estimate of drug-likeness (QED) is 0.454. The van der Waals surface area contributed by atoms with Crippen LogP contribution in [0.3, 0.4) is 0 Å². The minimum absolute atomic E-state index is 0.0803. The van der Waals surface area contributed by atoms with E-state index in [1.807, 2.05) is 69.3 Å². The van der Waals surface area contributed by atoms with Crippen molar-refractivity contribution in [1.29, 1.82) is 0 Å².